The Kier molecular flexibility index (Phi) is 3.83. The third-order valence-electron chi connectivity index (χ3n) is 1.60. The van der Waals surface area contributed by atoms with E-state index in [4.69, 9.17) is 5.11 Å². The molecule has 0 saturated heterocycles. The van der Waals surface area contributed by atoms with Gasteiger partial charge in [0.15, 0.2) is 0 Å². The Hall–Kier alpha value is -0.920. The van der Waals surface area contributed by atoms with Crippen molar-refractivity contribution in [2.75, 3.05) is 6.54 Å². The molecule has 0 saturated carbocycles. The molecular formula is C8H11NO4S2. The molecule has 0 aliphatic rings. The summed E-state index contributed by atoms with van der Waals surface area (Å²) in [6, 6.07) is 1.55. The zero-order chi connectivity index (χ0) is 11.5. The fraction of sp³-hybridized carbons (Fsp3) is 0.375. The fourth-order valence-corrected chi connectivity index (χ4v) is 3.22. The van der Waals surface area contributed by atoms with Gasteiger partial charge in [0.05, 0.1) is 6.42 Å². The molecule has 0 fully saturated rings. The van der Waals surface area contributed by atoms with Crippen LogP contribution in [0.1, 0.15) is 12.0 Å². The number of nitrogens with one attached hydrogen (secondary N) is 1. The Morgan fingerprint density at radius 3 is 2.73 bits per heavy atom. The van der Waals surface area contributed by atoms with Crippen LogP contribution in [0.25, 0.3) is 0 Å². The van der Waals surface area contributed by atoms with Gasteiger partial charge in [0.1, 0.15) is 4.21 Å². The van der Waals surface area contributed by atoms with E-state index in [-0.39, 0.29) is 17.2 Å². The highest BCUT2D eigenvalue weighted by Crippen LogP contribution is 2.18. The van der Waals surface area contributed by atoms with E-state index in [9.17, 15) is 13.2 Å². The molecule has 0 atom stereocenters. The Morgan fingerprint density at radius 2 is 2.27 bits per heavy atom. The molecule has 0 aliphatic carbocycles. The number of hydrogen-bond donors (Lipinski definition) is 2. The second kappa shape index (κ2) is 4.73. The van der Waals surface area contributed by atoms with Crippen LogP contribution in [-0.4, -0.2) is 26.0 Å². The molecule has 2 N–H and O–H groups in total. The highest BCUT2D eigenvalue weighted by atomic mass is 32.2. The number of hydrogen-bond acceptors (Lipinski definition) is 4. The minimum Gasteiger partial charge on any atom is -0.481 e. The summed E-state index contributed by atoms with van der Waals surface area (Å²) >= 11 is 1.12. The molecule has 0 radical (unpaired) electrons. The second-order valence-electron chi connectivity index (χ2n) is 2.98. The van der Waals surface area contributed by atoms with Crippen molar-refractivity contribution < 1.29 is 18.3 Å². The third kappa shape index (κ3) is 3.61. The number of sulfonamides is 1. The topological polar surface area (TPSA) is 83.5 Å². The van der Waals surface area contributed by atoms with Crippen molar-refractivity contribution in [1.29, 1.82) is 0 Å². The standard InChI is InChI=1S/C8H11NO4S2/c1-6-4-8(14-5-6)15(12,13)9-3-2-7(10)11/h4-5,9H,2-3H2,1H3,(H,10,11). The smallest absolute Gasteiger partial charge is 0.304 e. The SMILES string of the molecule is Cc1csc(S(=O)(=O)NCCC(=O)O)c1. The lowest BCUT2D eigenvalue weighted by Crippen LogP contribution is -2.25. The van der Waals surface area contributed by atoms with Gasteiger partial charge in [-0.1, -0.05) is 0 Å². The maximum Gasteiger partial charge on any atom is 0.304 e. The van der Waals surface area contributed by atoms with Crippen LogP contribution in [0.5, 0.6) is 0 Å². The van der Waals surface area contributed by atoms with Gasteiger partial charge in [-0.2, -0.15) is 0 Å². The zero-order valence-corrected chi connectivity index (χ0v) is 9.69. The summed E-state index contributed by atoms with van der Waals surface area (Å²) in [6.45, 7) is 1.71. The van der Waals surface area contributed by atoms with E-state index >= 15 is 0 Å². The molecule has 5 nitrogen and oxygen atoms in total. The lowest BCUT2D eigenvalue weighted by Gasteiger charge is -2.01. The van der Waals surface area contributed by atoms with Gasteiger partial charge in [-0.05, 0) is 23.9 Å². The van der Waals surface area contributed by atoms with Crippen molar-refractivity contribution >= 4 is 27.3 Å². The first-order valence-corrected chi connectivity index (χ1v) is 6.55. The van der Waals surface area contributed by atoms with Gasteiger partial charge in [0.25, 0.3) is 0 Å². The van der Waals surface area contributed by atoms with Crippen LogP contribution in [-0.2, 0) is 14.8 Å². The largest absolute Gasteiger partial charge is 0.481 e. The van der Waals surface area contributed by atoms with Crippen LogP contribution < -0.4 is 4.72 Å². The summed E-state index contributed by atoms with van der Waals surface area (Å²) in [5.41, 5.74) is 0.874. The molecular weight excluding hydrogens is 238 g/mol. The molecule has 0 aromatic carbocycles. The van der Waals surface area contributed by atoms with Gasteiger partial charge in [0, 0.05) is 6.54 Å². The van der Waals surface area contributed by atoms with Crippen LogP contribution in [0.15, 0.2) is 15.7 Å². The molecule has 1 rings (SSSR count). The highest BCUT2D eigenvalue weighted by Gasteiger charge is 2.15. The molecule has 1 aromatic heterocycles. The van der Waals surface area contributed by atoms with Gasteiger partial charge in [0.2, 0.25) is 10.0 Å². The summed E-state index contributed by atoms with van der Waals surface area (Å²) < 4.78 is 25.5. The van der Waals surface area contributed by atoms with Crippen molar-refractivity contribution in [1.82, 2.24) is 4.72 Å². The normalized spacial score (nSPS) is 11.5. The molecule has 1 heterocycles. The number of carbonyl (C=O) groups is 1. The summed E-state index contributed by atoms with van der Waals surface area (Å²) in [7, 11) is -3.53. The van der Waals surface area contributed by atoms with Crippen LogP contribution >= 0.6 is 11.3 Å². The number of aliphatic carboxylic acids is 1. The lowest BCUT2D eigenvalue weighted by atomic mass is 10.4. The van der Waals surface area contributed by atoms with E-state index < -0.39 is 16.0 Å². The summed E-state index contributed by atoms with van der Waals surface area (Å²) in [4.78, 5) is 10.2. The minimum atomic E-state index is -3.53. The summed E-state index contributed by atoms with van der Waals surface area (Å²) in [6.07, 6.45) is -0.219. The van der Waals surface area contributed by atoms with Crippen molar-refractivity contribution in [2.24, 2.45) is 0 Å². The maximum atomic E-state index is 11.5. The average molecular weight is 249 g/mol. The monoisotopic (exact) mass is 249 g/mol. The molecule has 15 heavy (non-hydrogen) atoms. The first kappa shape index (κ1) is 12.2. The highest BCUT2D eigenvalue weighted by molar-refractivity contribution is 7.91. The van der Waals surface area contributed by atoms with Crippen molar-refractivity contribution in [3.8, 4) is 0 Å². The molecule has 84 valence electrons. The molecule has 0 amide bonds. The summed E-state index contributed by atoms with van der Waals surface area (Å²) in [5, 5.41) is 10.1. The molecule has 0 aliphatic heterocycles. The van der Waals surface area contributed by atoms with E-state index in [0.29, 0.717) is 0 Å². The van der Waals surface area contributed by atoms with E-state index in [2.05, 4.69) is 4.72 Å². The van der Waals surface area contributed by atoms with Gasteiger partial charge < -0.3 is 5.11 Å². The molecule has 1 aromatic rings. The first-order valence-electron chi connectivity index (χ1n) is 4.18. The molecule has 0 spiro atoms. The van der Waals surface area contributed by atoms with Gasteiger partial charge >= 0.3 is 5.97 Å². The molecule has 7 heteroatoms. The number of aryl methyl sites for hydroxylation is 1. The Morgan fingerprint density at radius 1 is 1.60 bits per heavy atom. The average Bonchev–Trinajstić information content (AvgIpc) is 2.51. The van der Waals surface area contributed by atoms with E-state index in [0.717, 1.165) is 16.9 Å². The predicted octanol–water partition coefficient (Wildman–Crippen LogP) is 0.810. The first-order chi connectivity index (χ1) is 6.92. The molecule has 0 unspecified atom stereocenters. The van der Waals surface area contributed by atoms with Gasteiger partial charge in [-0.25, -0.2) is 13.1 Å². The molecule has 0 bridgehead atoms. The predicted molar refractivity (Wildman–Crippen MR) is 56.5 cm³/mol. The second-order valence-corrected chi connectivity index (χ2v) is 5.89. The third-order valence-corrected chi connectivity index (χ3v) is 4.62. The zero-order valence-electron chi connectivity index (χ0n) is 8.06. The fourth-order valence-electron chi connectivity index (χ4n) is 0.909. The quantitative estimate of drug-likeness (QED) is 0.809. The summed E-state index contributed by atoms with van der Waals surface area (Å²) in [5.74, 6) is -1.03. The van der Waals surface area contributed by atoms with E-state index in [1.54, 1.807) is 18.4 Å². The maximum absolute atomic E-state index is 11.5. The minimum absolute atomic E-state index is 0.0887. The van der Waals surface area contributed by atoms with Crippen molar-refractivity contribution in [3.63, 3.8) is 0 Å². The van der Waals surface area contributed by atoms with E-state index in [1.807, 2.05) is 0 Å². The van der Waals surface area contributed by atoms with Crippen LogP contribution in [0, 0.1) is 6.92 Å². The Labute approximate surface area is 91.8 Å². The number of carboxylic acids is 1. The van der Waals surface area contributed by atoms with Crippen LogP contribution in [0.4, 0.5) is 0 Å². The van der Waals surface area contributed by atoms with Gasteiger partial charge in [-0.3, -0.25) is 4.79 Å². The van der Waals surface area contributed by atoms with Crippen molar-refractivity contribution in [2.45, 2.75) is 17.6 Å². The van der Waals surface area contributed by atoms with Crippen LogP contribution in [0.2, 0.25) is 0 Å². The van der Waals surface area contributed by atoms with Gasteiger partial charge in [-0.15, -0.1) is 11.3 Å². The number of rotatable bonds is 5. The van der Waals surface area contributed by atoms with Crippen molar-refractivity contribution in [3.05, 3.63) is 17.0 Å². The number of thiophene rings is 1. The van der Waals surface area contributed by atoms with Crippen LogP contribution in [0.3, 0.4) is 0 Å². The number of carboxylic acid groups (broad SMARTS) is 1. The van der Waals surface area contributed by atoms with E-state index in [1.165, 1.54) is 0 Å². The Balaban J connectivity index is 2.64. The Bertz CT molecular complexity index is 449. The lowest BCUT2D eigenvalue weighted by molar-refractivity contribution is -0.136.